The first-order valence-electron chi connectivity index (χ1n) is 6.17. The molecule has 1 aromatic carbocycles. The minimum atomic E-state index is -2.79. The Morgan fingerprint density at radius 1 is 1.33 bits per heavy atom. The molecule has 2 unspecified atom stereocenters. The van der Waals surface area contributed by atoms with E-state index >= 15 is 0 Å². The first-order chi connectivity index (χ1) is 8.65. The van der Waals surface area contributed by atoms with Crippen molar-refractivity contribution in [1.29, 1.82) is 0 Å². The van der Waals surface area contributed by atoms with Crippen LogP contribution in [0.1, 0.15) is 24.8 Å². The van der Waals surface area contributed by atoms with Crippen LogP contribution >= 0.6 is 0 Å². The third-order valence-corrected chi connectivity index (χ3v) is 3.24. The fourth-order valence-electron chi connectivity index (χ4n) is 2.32. The number of nitrogens with one attached hydrogen (secondary N) is 1. The molecule has 0 spiro atoms. The summed E-state index contributed by atoms with van der Waals surface area (Å²) in [6, 6.07) is 7.49. The topological polar surface area (TPSA) is 47.3 Å². The lowest BCUT2D eigenvalue weighted by Gasteiger charge is -2.15. The smallest absolute Gasteiger partial charge is 0.387 e. The summed E-state index contributed by atoms with van der Waals surface area (Å²) in [7, 11) is 0. The number of halogens is 2. The summed E-state index contributed by atoms with van der Waals surface area (Å²) in [5.74, 6) is 0.238. The third-order valence-electron chi connectivity index (χ3n) is 3.24. The van der Waals surface area contributed by atoms with Gasteiger partial charge in [-0.15, -0.1) is 0 Å². The second-order valence-corrected chi connectivity index (χ2v) is 4.64. The van der Waals surface area contributed by atoms with Crippen molar-refractivity contribution in [1.82, 2.24) is 5.32 Å². The van der Waals surface area contributed by atoms with Crippen LogP contribution in [-0.4, -0.2) is 18.7 Å². The highest BCUT2D eigenvalue weighted by molar-refractivity contribution is 5.33. The van der Waals surface area contributed by atoms with Crippen molar-refractivity contribution >= 4 is 0 Å². The van der Waals surface area contributed by atoms with E-state index in [1.165, 1.54) is 0 Å². The predicted molar refractivity (Wildman–Crippen MR) is 65.5 cm³/mol. The maximum Gasteiger partial charge on any atom is 0.387 e. The first-order valence-corrected chi connectivity index (χ1v) is 6.17. The fraction of sp³-hybridized carbons (Fsp3) is 0.538. The van der Waals surface area contributed by atoms with Crippen molar-refractivity contribution in [2.75, 3.05) is 0 Å². The van der Waals surface area contributed by atoms with E-state index in [1.54, 1.807) is 18.2 Å². The predicted octanol–water partition coefficient (Wildman–Crippen LogP) is 2.26. The van der Waals surface area contributed by atoms with Gasteiger partial charge in [0.15, 0.2) is 0 Å². The standard InChI is InChI=1S/C13H18F2N2O/c14-13(15)18-12-4-2-1-3-9(12)8-17-11-6-5-10(16)7-11/h1-4,10-11,13,17H,5-8,16H2. The lowest BCUT2D eigenvalue weighted by molar-refractivity contribution is -0.0505. The van der Waals surface area contributed by atoms with Gasteiger partial charge in [-0.3, -0.25) is 0 Å². The molecule has 1 aromatic rings. The van der Waals surface area contributed by atoms with Gasteiger partial charge >= 0.3 is 6.61 Å². The molecule has 0 aromatic heterocycles. The molecule has 2 atom stereocenters. The molecule has 1 aliphatic rings. The van der Waals surface area contributed by atoms with Crippen LogP contribution in [0.2, 0.25) is 0 Å². The molecule has 2 rings (SSSR count). The minimum Gasteiger partial charge on any atom is -0.434 e. The molecule has 3 N–H and O–H groups in total. The average molecular weight is 256 g/mol. The molecule has 1 fully saturated rings. The van der Waals surface area contributed by atoms with Crippen LogP contribution in [0.3, 0.4) is 0 Å². The van der Waals surface area contributed by atoms with Crippen LogP contribution < -0.4 is 15.8 Å². The lowest BCUT2D eigenvalue weighted by Crippen LogP contribution is -2.28. The molecule has 0 saturated heterocycles. The van der Waals surface area contributed by atoms with Gasteiger partial charge in [0.1, 0.15) is 5.75 Å². The maximum atomic E-state index is 12.2. The Morgan fingerprint density at radius 2 is 2.11 bits per heavy atom. The van der Waals surface area contributed by atoms with Crippen molar-refractivity contribution in [3.63, 3.8) is 0 Å². The van der Waals surface area contributed by atoms with Crippen molar-refractivity contribution in [3.8, 4) is 5.75 Å². The summed E-state index contributed by atoms with van der Waals surface area (Å²) in [6.07, 6.45) is 3.00. The summed E-state index contributed by atoms with van der Waals surface area (Å²) in [4.78, 5) is 0. The average Bonchev–Trinajstić information content (AvgIpc) is 2.73. The Hall–Kier alpha value is -1.20. The second-order valence-electron chi connectivity index (χ2n) is 4.64. The quantitative estimate of drug-likeness (QED) is 0.849. The van der Waals surface area contributed by atoms with E-state index in [1.807, 2.05) is 6.07 Å². The van der Waals surface area contributed by atoms with Gasteiger partial charge in [-0.1, -0.05) is 18.2 Å². The molecule has 3 nitrogen and oxygen atoms in total. The van der Waals surface area contributed by atoms with Gasteiger partial charge in [0, 0.05) is 24.2 Å². The van der Waals surface area contributed by atoms with Crippen molar-refractivity contribution in [3.05, 3.63) is 29.8 Å². The monoisotopic (exact) mass is 256 g/mol. The zero-order valence-electron chi connectivity index (χ0n) is 10.1. The summed E-state index contributed by atoms with van der Waals surface area (Å²) in [5, 5.41) is 3.34. The largest absolute Gasteiger partial charge is 0.434 e. The highest BCUT2D eigenvalue weighted by atomic mass is 19.3. The van der Waals surface area contributed by atoms with E-state index < -0.39 is 6.61 Å². The molecule has 0 bridgehead atoms. The number of hydrogen-bond donors (Lipinski definition) is 2. The highest BCUT2D eigenvalue weighted by Gasteiger charge is 2.21. The molecule has 100 valence electrons. The molecule has 1 saturated carbocycles. The van der Waals surface area contributed by atoms with Gasteiger partial charge in [0.05, 0.1) is 0 Å². The van der Waals surface area contributed by atoms with Crippen LogP contribution in [-0.2, 0) is 6.54 Å². The van der Waals surface area contributed by atoms with Gasteiger partial charge in [0.25, 0.3) is 0 Å². The SMILES string of the molecule is NC1CCC(NCc2ccccc2OC(F)F)C1. The molecule has 1 aliphatic carbocycles. The molecule has 0 radical (unpaired) electrons. The Kier molecular flexibility index (Phi) is 4.49. The Morgan fingerprint density at radius 3 is 2.78 bits per heavy atom. The number of para-hydroxylation sites is 1. The van der Waals surface area contributed by atoms with E-state index in [0.29, 0.717) is 12.6 Å². The summed E-state index contributed by atoms with van der Waals surface area (Å²) in [6.45, 7) is -2.26. The summed E-state index contributed by atoms with van der Waals surface area (Å²) < 4.78 is 29.0. The third kappa shape index (κ3) is 3.65. The highest BCUT2D eigenvalue weighted by Crippen LogP contribution is 2.22. The maximum absolute atomic E-state index is 12.2. The fourth-order valence-corrected chi connectivity index (χ4v) is 2.32. The summed E-state index contributed by atoms with van der Waals surface area (Å²) in [5.41, 5.74) is 6.57. The molecule has 18 heavy (non-hydrogen) atoms. The van der Waals surface area contributed by atoms with Crippen LogP contribution in [0.15, 0.2) is 24.3 Å². The van der Waals surface area contributed by atoms with Crippen LogP contribution in [0.25, 0.3) is 0 Å². The van der Waals surface area contributed by atoms with Gasteiger partial charge in [0.2, 0.25) is 0 Å². The molecular weight excluding hydrogens is 238 g/mol. The number of nitrogens with two attached hydrogens (primary N) is 1. The number of alkyl halides is 2. The van der Waals surface area contributed by atoms with Crippen molar-refractivity contribution in [2.45, 2.75) is 44.5 Å². The number of rotatable bonds is 5. The van der Waals surface area contributed by atoms with E-state index in [0.717, 1.165) is 24.8 Å². The van der Waals surface area contributed by atoms with Gasteiger partial charge < -0.3 is 15.8 Å². The minimum absolute atomic E-state index is 0.238. The van der Waals surface area contributed by atoms with Crippen LogP contribution in [0, 0.1) is 0 Å². The number of benzene rings is 1. The van der Waals surface area contributed by atoms with E-state index in [2.05, 4.69) is 10.1 Å². The lowest BCUT2D eigenvalue weighted by atomic mass is 10.1. The second kappa shape index (κ2) is 6.11. The Labute approximate surface area is 105 Å². The van der Waals surface area contributed by atoms with Gasteiger partial charge in [-0.25, -0.2) is 0 Å². The van der Waals surface area contributed by atoms with Crippen molar-refractivity contribution in [2.24, 2.45) is 5.73 Å². The molecule has 0 aliphatic heterocycles. The number of hydrogen-bond acceptors (Lipinski definition) is 3. The normalized spacial score (nSPS) is 23.6. The van der Waals surface area contributed by atoms with Crippen LogP contribution in [0.5, 0.6) is 5.75 Å². The Balaban J connectivity index is 1.92. The van der Waals surface area contributed by atoms with Crippen molar-refractivity contribution < 1.29 is 13.5 Å². The van der Waals surface area contributed by atoms with E-state index in [9.17, 15) is 8.78 Å². The molecule has 0 amide bonds. The van der Waals surface area contributed by atoms with Gasteiger partial charge in [-0.05, 0) is 25.3 Å². The first kappa shape index (κ1) is 13.2. The van der Waals surface area contributed by atoms with E-state index in [-0.39, 0.29) is 11.8 Å². The van der Waals surface area contributed by atoms with Gasteiger partial charge in [-0.2, -0.15) is 8.78 Å². The molecule has 5 heteroatoms. The number of ether oxygens (including phenoxy) is 1. The Bertz CT molecular complexity index is 387. The zero-order valence-corrected chi connectivity index (χ0v) is 10.1. The van der Waals surface area contributed by atoms with E-state index in [4.69, 9.17) is 5.73 Å². The summed E-state index contributed by atoms with van der Waals surface area (Å²) >= 11 is 0. The molecule has 0 heterocycles. The zero-order chi connectivity index (χ0) is 13.0. The molecular formula is C13H18F2N2O. The van der Waals surface area contributed by atoms with Crippen LogP contribution in [0.4, 0.5) is 8.78 Å².